The van der Waals surface area contributed by atoms with Crippen molar-refractivity contribution in [1.82, 2.24) is 15.3 Å². The lowest BCUT2D eigenvalue weighted by Crippen LogP contribution is -2.35. The summed E-state index contributed by atoms with van der Waals surface area (Å²) in [7, 11) is 0. The van der Waals surface area contributed by atoms with Crippen molar-refractivity contribution in [2.45, 2.75) is 31.3 Å². The van der Waals surface area contributed by atoms with Gasteiger partial charge in [-0.2, -0.15) is 0 Å². The summed E-state index contributed by atoms with van der Waals surface area (Å²) in [6, 6.07) is 1.29. The molecule has 3 rings (SSSR count). The van der Waals surface area contributed by atoms with Gasteiger partial charge in [0.15, 0.2) is 5.82 Å². The highest BCUT2D eigenvalue weighted by atomic mass is 35.5. The molecule has 0 amide bonds. The third-order valence-corrected chi connectivity index (χ3v) is 3.74. The highest BCUT2D eigenvalue weighted by Crippen LogP contribution is 2.27. The molecular formula is C11H15ClN4. The van der Waals surface area contributed by atoms with Crippen molar-refractivity contribution in [1.29, 1.82) is 0 Å². The molecule has 2 atom stereocenters. The predicted molar refractivity (Wildman–Crippen MR) is 63.8 cm³/mol. The van der Waals surface area contributed by atoms with Crippen molar-refractivity contribution in [2.75, 3.05) is 18.0 Å². The van der Waals surface area contributed by atoms with Crippen LogP contribution in [0.4, 0.5) is 5.82 Å². The summed E-state index contributed by atoms with van der Waals surface area (Å²) >= 11 is 6.13. The van der Waals surface area contributed by atoms with Gasteiger partial charge in [0.2, 0.25) is 0 Å². The highest BCUT2D eigenvalue weighted by molar-refractivity contribution is 6.32. The zero-order valence-corrected chi connectivity index (χ0v) is 9.82. The lowest BCUT2D eigenvalue weighted by molar-refractivity contribution is 0.563. The Bertz CT molecular complexity index is 384. The van der Waals surface area contributed by atoms with Crippen molar-refractivity contribution in [3.8, 4) is 0 Å². The second-order valence-corrected chi connectivity index (χ2v) is 4.97. The highest BCUT2D eigenvalue weighted by Gasteiger charge is 2.30. The molecule has 2 aliphatic heterocycles. The van der Waals surface area contributed by atoms with E-state index < -0.39 is 0 Å². The van der Waals surface area contributed by atoms with Crippen molar-refractivity contribution >= 4 is 17.4 Å². The summed E-state index contributed by atoms with van der Waals surface area (Å²) in [6.07, 6.45) is 7.00. The molecule has 16 heavy (non-hydrogen) atoms. The second kappa shape index (κ2) is 4.18. The van der Waals surface area contributed by atoms with Gasteiger partial charge in [-0.15, -0.1) is 0 Å². The number of halogens is 1. The van der Waals surface area contributed by atoms with Crippen molar-refractivity contribution in [2.24, 2.45) is 0 Å². The average Bonchev–Trinajstić information content (AvgIpc) is 2.60. The quantitative estimate of drug-likeness (QED) is 0.804. The van der Waals surface area contributed by atoms with Crippen LogP contribution < -0.4 is 10.2 Å². The van der Waals surface area contributed by atoms with Gasteiger partial charge in [0.1, 0.15) is 11.3 Å². The first-order chi connectivity index (χ1) is 7.83. The van der Waals surface area contributed by atoms with Crippen LogP contribution in [0, 0.1) is 0 Å². The van der Waals surface area contributed by atoms with E-state index in [1.165, 1.54) is 19.3 Å². The average molecular weight is 239 g/mol. The molecule has 0 saturated carbocycles. The van der Waals surface area contributed by atoms with Gasteiger partial charge >= 0.3 is 0 Å². The van der Waals surface area contributed by atoms with Crippen LogP contribution in [0.25, 0.3) is 0 Å². The van der Waals surface area contributed by atoms with Crippen LogP contribution in [0.5, 0.6) is 0 Å². The maximum Gasteiger partial charge on any atom is 0.150 e. The molecule has 2 bridgehead atoms. The number of hydrogen-bond donors (Lipinski definition) is 1. The van der Waals surface area contributed by atoms with E-state index >= 15 is 0 Å². The standard InChI is InChI=1S/C11H15ClN4/c12-10-5-13-7-14-11(10)16-4-3-8-1-2-9(6-16)15-8/h5,7-9,15H,1-4,6H2. The van der Waals surface area contributed by atoms with Crippen LogP contribution in [0.2, 0.25) is 5.02 Å². The summed E-state index contributed by atoms with van der Waals surface area (Å²) < 4.78 is 0. The minimum atomic E-state index is 0.596. The third-order valence-electron chi connectivity index (χ3n) is 3.47. The Kier molecular flexibility index (Phi) is 2.69. The Hall–Kier alpha value is -0.870. The molecule has 1 N–H and O–H groups in total. The van der Waals surface area contributed by atoms with Gasteiger partial charge in [0.05, 0.1) is 6.20 Å². The fourth-order valence-electron chi connectivity index (χ4n) is 2.67. The molecule has 86 valence electrons. The largest absolute Gasteiger partial charge is 0.354 e. The van der Waals surface area contributed by atoms with Crippen LogP contribution in [0.1, 0.15) is 19.3 Å². The molecule has 1 aromatic heterocycles. The lowest BCUT2D eigenvalue weighted by atomic mass is 10.1. The monoisotopic (exact) mass is 238 g/mol. The summed E-state index contributed by atoms with van der Waals surface area (Å²) in [5, 5.41) is 4.30. The summed E-state index contributed by atoms with van der Waals surface area (Å²) in [4.78, 5) is 10.5. The van der Waals surface area contributed by atoms with Gasteiger partial charge in [-0.25, -0.2) is 9.97 Å². The van der Waals surface area contributed by atoms with Crippen LogP contribution >= 0.6 is 11.6 Å². The SMILES string of the molecule is Clc1cncnc1N1CCC2CCC(C1)N2. The Morgan fingerprint density at radius 1 is 1.31 bits per heavy atom. The Balaban J connectivity index is 1.82. The maximum absolute atomic E-state index is 6.13. The molecule has 0 spiro atoms. The number of nitrogens with one attached hydrogen (secondary N) is 1. The second-order valence-electron chi connectivity index (χ2n) is 4.57. The number of fused-ring (bicyclic) bond motifs is 2. The topological polar surface area (TPSA) is 41.1 Å². The Morgan fingerprint density at radius 3 is 3.06 bits per heavy atom. The maximum atomic E-state index is 6.13. The number of nitrogens with zero attached hydrogens (tertiary/aromatic N) is 3. The molecule has 3 heterocycles. The Morgan fingerprint density at radius 2 is 2.19 bits per heavy atom. The summed E-state index contributed by atoms with van der Waals surface area (Å²) in [5.41, 5.74) is 0. The fourth-order valence-corrected chi connectivity index (χ4v) is 2.90. The Labute approximate surface area is 100 Å². The van der Waals surface area contributed by atoms with Crippen molar-refractivity contribution in [3.63, 3.8) is 0 Å². The number of hydrogen-bond acceptors (Lipinski definition) is 4. The molecule has 0 radical (unpaired) electrons. The molecule has 1 aromatic rings. The first kappa shape index (κ1) is 10.3. The number of rotatable bonds is 1. The molecule has 2 unspecified atom stereocenters. The van der Waals surface area contributed by atoms with E-state index in [0.717, 1.165) is 18.9 Å². The van der Waals surface area contributed by atoms with E-state index in [9.17, 15) is 0 Å². The molecular weight excluding hydrogens is 224 g/mol. The predicted octanol–water partition coefficient (Wildman–Crippen LogP) is 1.46. The fraction of sp³-hybridized carbons (Fsp3) is 0.636. The molecule has 2 saturated heterocycles. The van der Waals surface area contributed by atoms with E-state index in [1.807, 2.05) is 0 Å². The van der Waals surface area contributed by atoms with Crippen molar-refractivity contribution in [3.05, 3.63) is 17.5 Å². The smallest absolute Gasteiger partial charge is 0.150 e. The van der Waals surface area contributed by atoms with Gasteiger partial charge in [0.25, 0.3) is 0 Å². The van der Waals surface area contributed by atoms with Crippen LogP contribution in [0.3, 0.4) is 0 Å². The first-order valence-corrected chi connectivity index (χ1v) is 6.17. The lowest BCUT2D eigenvalue weighted by Gasteiger charge is -2.25. The first-order valence-electron chi connectivity index (χ1n) is 5.79. The molecule has 0 aromatic carbocycles. The van der Waals surface area contributed by atoms with E-state index in [2.05, 4.69) is 20.2 Å². The van der Waals surface area contributed by atoms with E-state index in [4.69, 9.17) is 11.6 Å². The third kappa shape index (κ3) is 1.87. The van der Waals surface area contributed by atoms with Gasteiger partial charge < -0.3 is 10.2 Å². The molecule has 2 aliphatic rings. The van der Waals surface area contributed by atoms with E-state index in [1.54, 1.807) is 12.5 Å². The summed E-state index contributed by atoms with van der Waals surface area (Å²) in [6.45, 7) is 2.04. The molecule has 0 aliphatic carbocycles. The van der Waals surface area contributed by atoms with Gasteiger partial charge in [-0.1, -0.05) is 11.6 Å². The zero-order chi connectivity index (χ0) is 11.0. The van der Waals surface area contributed by atoms with E-state index in [-0.39, 0.29) is 0 Å². The molecule has 2 fully saturated rings. The number of anilines is 1. The minimum absolute atomic E-state index is 0.596. The minimum Gasteiger partial charge on any atom is -0.354 e. The van der Waals surface area contributed by atoms with Crippen LogP contribution in [0.15, 0.2) is 12.5 Å². The van der Waals surface area contributed by atoms with Crippen LogP contribution in [-0.4, -0.2) is 35.1 Å². The number of aromatic nitrogens is 2. The van der Waals surface area contributed by atoms with Gasteiger partial charge in [-0.05, 0) is 19.3 Å². The van der Waals surface area contributed by atoms with Crippen LogP contribution in [-0.2, 0) is 0 Å². The van der Waals surface area contributed by atoms with E-state index in [0.29, 0.717) is 17.1 Å². The van der Waals surface area contributed by atoms with Gasteiger partial charge in [-0.3, -0.25) is 0 Å². The normalized spacial score (nSPS) is 29.2. The molecule has 4 nitrogen and oxygen atoms in total. The summed E-state index contributed by atoms with van der Waals surface area (Å²) in [5.74, 6) is 0.881. The molecule has 5 heteroatoms. The zero-order valence-electron chi connectivity index (χ0n) is 9.06. The van der Waals surface area contributed by atoms with Gasteiger partial charge in [0, 0.05) is 25.2 Å². The van der Waals surface area contributed by atoms with Crippen molar-refractivity contribution < 1.29 is 0 Å².